The van der Waals surface area contributed by atoms with Crippen LogP contribution in [0.3, 0.4) is 0 Å². The molecule has 1 aliphatic carbocycles. The Kier molecular flexibility index (Phi) is 7.41. The molecule has 1 saturated carbocycles. The molecule has 3 aromatic rings. The van der Waals surface area contributed by atoms with Gasteiger partial charge in [0.05, 0.1) is 11.9 Å². The summed E-state index contributed by atoms with van der Waals surface area (Å²) in [5, 5.41) is 13.4. The van der Waals surface area contributed by atoms with Crippen molar-refractivity contribution >= 4 is 34.9 Å². The predicted octanol–water partition coefficient (Wildman–Crippen LogP) is 5.37. The van der Waals surface area contributed by atoms with Gasteiger partial charge in [0, 0.05) is 44.0 Å². The first-order valence-corrected chi connectivity index (χ1v) is 13.0. The predicted molar refractivity (Wildman–Crippen MR) is 142 cm³/mol. The molecule has 0 bridgehead atoms. The number of H-pyrrole nitrogens is 1. The zero-order chi connectivity index (χ0) is 25.2. The number of nitrogens with one attached hydrogen (secondary N) is 3. The van der Waals surface area contributed by atoms with Gasteiger partial charge in [0.15, 0.2) is 11.6 Å². The van der Waals surface area contributed by atoms with E-state index >= 15 is 4.39 Å². The summed E-state index contributed by atoms with van der Waals surface area (Å²) in [5.41, 5.74) is 3.46. The Hall–Kier alpha value is -2.75. The van der Waals surface area contributed by atoms with Crippen LogP contribution in [0.15, 0.2) is 24.4 Å². The molecule has 2 aromatic heterocycles. The minimum atomic E-state index is -0.298. The second-order valence-electron chi connectivity index (χ2n) is 10.1. The molecule has 3 heterocycles. The molecular weight excluding hydrogens is 479 g/mol. The van der Waals surface area contributed by atoms with E-state index in [4.69, 9.17) is 11.6 Å². The van der Waals surface area contributed by atoms with Crippen LogP contribution in [0.2, 0.25) is 5.02 Å². The summed E-state index contributed by atoms with van der Waals surface area (Å²) in [4.78, 5) is 13.7. The van der Waals surface area contributed by atoms with Gasteiger partial charge in [0.1, 0.15) is 10.8 Å². The molecular formula is C26H34ClFN8. The third-order valence-corrected chi connectivity index (χ3v) is 7.77. The van der Waals surface area contributed by atoms with Gasteiger partial charge in [-0.25, -0.2) is 9.37 Å². The van der Waals surface area contributed by atoms with Crippen molar-refractivity contribution < 1.29 is 4.39 Å². The Morgan fingerprint density at radius 2 is 1.78 bits per heavy atom. The average Bonchev–Trinajstić information content (AvgIpc) is 3.28. The summed E-state index contributed by atoms with van der Waals surface area (Å²) < 4.78 is 15.2. The molecule has 0 amide bonds. The van der Waals surface area contributed by atoms with Crippen LogP contribution in [-0.4, -0.2) is 69.2 Å². The molecule has 5 rings (SSSR count). The van der Waals surface area contributed by atoms with Crippen LogP contribution in [0.25, 0.3) is 0 Å². The number of hydrogen-bond donors (Lipinski definition) is 3. The molecule has 10 heteroatoms. The summed E-state index contributed by atoms with van der Waals surface area (Å²) in [6.45, 7) is 8.58. The second-order valence-corrected chi connectivity index (χ2v) is 10.5. The van der Waals surface area contributed by atoms with Crippen molar-refractivity contribution in [3.05, 3.63) is 52.1 Å². The highest BCUT2D eigenvalue weighted by Crippen LogP contribution is 2.38. The largest absolute Gasteiger partial charge is 0.322 e. The van der Waals surface area contributed by atoms with Gasteiger partial charge in [0.25, 0.3) is 0 Å². The third kappa shape index (κ3) is 5.63. The van der Waals surface area contributed by atoms with Gasteiger partial charge in [-0.1, -0.05) is 11.6 Å². The van der Waals surface area contributed by atoms with Crippen LogP contribution in [0.5, 0.6) is 0 Å². The molecule has 2 aliphatic rings. The molecule has 0 unspecified atom stereocenters. The molecule has 192 valence electrons. The number of aromatic nitrogens is 4. The first-order valence-electron chi connectivity index (χ1n) is 12.7. The molecule has 36 heavy (non-hydrogen) atoms. The number of aromatic amines is 1. The van der Waals surface area contributed by atoms with Gasteiger partial charge in [-0.05, 0) is 75.8 Å². The van der Waals surface area contributed by atoms with Gasteiger partial charge in [-0.2, -0.15) is 10.1 Å². The zero-order valence-electron chi connectivity index (χ0n) is 21.1. The molecule has 8 nitrogen and oxygen atoms in total. The lowest BCUT2D eigenvalue weighted by atomic mass is 9.79. The smallest absolute Gasteiger partial charge is 0.229 e. The van der Waals surface area contributed by atoms with Crippen molar-refractivity contribution in [1.29, 1.82) is 0 Å². The summed E-state index contributed by atoms with van der Waals surface area (Å²) >= 11 is 6.25. The van der Waals surface area contributed by atoms with Gasteiger partial charge in [-0.15, -0.1) is 0 Å². The summed E-state index contributed by atoms with van der Waals surface area (Å²) in [6, 6.07) is 6.06. The van der Waals surface area contributed by atoms with Crippen molar-refractivity contribution in [1.82, 2.24) is 30.0 Å². The Bertz CT molecular complexity index is 1200. The molecule has 1 aromatic carbocycles. The van der Waals surface area contributed by atoms with Crippen molar-refractivity contribution in [3.63, 3.8) is 0 Å². The van der Waals surface area contributed by atoms with Gasteiger partial charge in [-0.3, -0.25) is 10.00 Å². The quantitative estimate of drug-likeness (QED) is 0.409. The number of rotatable bonds is 6. The van der Waals surface area contributed by atoms with E-state index < -0.39 is 0 Å². The number of likely N-dealkylation sites (N-methyl/N-ethyl adjacent to an activating group) is 1. The highest BCUT2D eigenvalue weighted by molar-refractivity contribution is 6.32. The van der Waals surface area contributed by atoms with Crippen molar-refractivity contribution in [2.75, 3.05) is 43.9 Å². The van der Waals surface area contributed by atoms with Crippen LogP contribution in [0.1, 0.15) is 48.4 Å². The van der Waals surface area contributed by atoms with Crippen LogP contribution < -0.4 is 10.6 Å². The van der Waals surface area contributed by atoms with E-state index in [0.717, 1.165) is 55.8 Å². The first-order chi connectivity index (χ1) is 17.4. The standard InChI is InChI=1S/C26H34ClFN8/c1-16-12-23(30-26-29-15-21(27)25(32-26)31-24-13-17(2)33-34-24)22(28)14-20(16)18-4-6-19(7-5-18)36-10-8-35(3)9-11-36/h12-15,18-19H,4-11H2,1-3H3,(H3,29,30,31,32,33,34)/t18-,19-. The Morgan fingerprint density at radius 3 is 2.47 bits per heavy atom. The molecule has 0 spiro atoms. The number of benzene rings is 1. The maximum atomic E-state index is 15.2. The van der Waals surface area contributed by atoms with Crippen molar-refractivity contribution in [2.24, 2.45) is 0 Å². The number of aryl methyl sites for hydroxylation is 2. The van der Waals surface area contributed by atoms with E-state index in [0.29, 0.717) is 34.3 Å². The van der Waals surface area contributed by atoms with E-state index in [-0.39, 0.29) is 11.8 Å². The molecule has 0 radical (unpaired) electrons. The van der Waals surface area contributed by atoms with Crippen molar-refractivity contribution in [3.8, 4) is 0 Å². The summed E-state index contributed by atoms with van der Waals surface area (Å²) in [5.74, 6) is 1.34. The van der Waals surface area contributed by atoms with Crippen molar-refractivity contribution in [2.45, 2.75) is 51.5 Å². The second kappa shape index (κ2) is 10.7. The number of halogens is 2. The number of nitrogens with zero attached hydrogens (tertiary/aromatic N) is 5. The van der Waals surface area contributed by atoms with Crippen LogP contribution in [0, 0.1) is 19.7 Å². The maximum Gasteiger partial charge on any atom is 0.229 e. The zero-order valence-corrected chi connectivity index (χ0v) is 21.9. The minimum Gasteiger partial charge on any atom is -0.322 e. The molecule has 1 saturated heterocycles. The highest BCUT2D eigenvalue weighted by Gasteiger charge is 2.29. The maximum absolute atomic E-state index is 15.2. The molecule has 1 aliphatic heterocycles. The summed E-state index contributed by atoms with van der Waals surface area (Å²) in [6.07, 6.45) is 6.05. The van der Waals surface area contributed by atoms with Crippen LogP contribution >= 0.6 is 11.6 Å². The lowest BCUT2D eigenvalue weighted by Crippen LogP contribution is -2.49. The van der Waals surface area contributed by atoms with E-state index in [2.05, 4.69) is 54.6 Å². The van der Waals surface area contributed by atoms with Gasteiger partial charge in [0.2, 0.25) is 5.95 Å². The lowest BCUT2D eigenvalue weighted by molar-refractivity contribution is 0.0878. The Labute approximate surface area is 216 Å². The first kappa shape index (κ1) is 24.9. The van der Waals surface area contributed by atoms with E-state index in [9.17, 15) is 0 Å². The van der Waals surface area contributed by atoms with Gasteiger partial charge >= 0.3 is 0 Å². The molecule has 2 fully saturated rings. The molecule has 3 N–H and O–H groups in total. The fraction of sp³-hybridized carbons (Fsp3) is 0.500. The Morgan fingerprint density at radius 1 is 1.03 bits per heavy atom. The third-order valence-electron chi connectivity index (χ3n) is 7.49. The molecule has 0 atom stereocenters. The Balaban J connectivity index is 1.25. The van der Waals surface area contributed by atoms with E-state index in [1.165, 1.54) is 19.0 Å². The normalized spacial score (nSPS) is 21.5. The summed E-state index contributed by atoms with van der Waals surface area (Å²) in [7, 11) is 2.20. The monoisotopic (exact) mass is 512 g/mol. The van der Waals surface area contributed by atoms with Crippen LogP contribution in [-0.2, 0) is 0 Å². The average molecular weight is 513 g/mol. The number of hydrogen-bond acceptors (Lipinski definition) is 7. The topological polar surface area (TPSA) is 85.0 Å². The SMILES string of the molecule is Cc1cc(Nc2nc(Nc3cc(C)c([C@H]4CC[C@H](N5CCN(C)CC5)CC4)cc3F)ncc2Cl)n[nH]1. The fourth-order valence-electron chi connectivity index (χ4n) is 5.41. The van der Waals surface area contributed by atoms with Gasteiger partial charge < -0.3 is 15.5 Å². The van der Waals surface area contributed by atoms with E-state index in [1.54, 1.807) is 6.07 Å². The highest BCUT2D eigenvalue weighted by atomic mass is 35.5. The van der Waals surface area contributed by atoms with Crippen LogP contribution in [0.4, 0.5) is 27.7 Å². The number of piperazine rings is 1. The number of anilines is 4. The fourth-order valence-corrected chi connectivity index (χ4v) is 5.55. The van der Waals surface area contributed by atoms with E-state index in [1.807, 2.05) is 19.1 Å². The minimum absolute atomic E-state index is 0.257. The lowest BCUT2D eigenvalue weighted by Gasteiger charge is -2.41.